The van der Waals surface area contributed by atoms with Crippen LogP contribution >= 0.6 is 0 Å². The second-order valence-electron chi connectivity index (χ2n) is 2.17. The third-order valence-corrected chi connectivity index (χ3v) is 1.23. The van der Waals surface area contributed by atoms with E-state index in [4.69, 9.17) is 20.4 Å². The van der Waals surface area contributed by atoms with Crippen LogP contribution in [0.5, 0.6) is 0 Å². The molecule has 7 nitrogen and oxygen atoms in total. The number of hydrogen-bond acceptors (Lipinski definition) is 6. The van der Waals surface area contributed by atoms with E-state index in [1.54, 1.807) is 0 Å². The van der Waals surface area contributed by atoms with Gasteiger partial charge in [0.2, 0.25) is 0 Å². The number of rotatable bonds is 5. The third kappa shape index (κ3) is 2.90. The number of carbonyl (C=O) groups excluding carboxylic acids is 2. The molecule has 0 aromatic carbocycles. The van der Waals surface area contributed by atoms with E-state index in [0.717, 1.165) is 0 Å². The summed E-state index contributed by atoms with van der Waals surface area (Å²) >= 11 is 0. The summed E-state index contributed by atoms with van der Waals surface area (Å²) < 4.78 is 0. The molecule has 0 aromatic heterocycles. The molecular weight excluding hydrogens is 184 g/mol. The third-order valence-electron chi connectivity index (χ3n) is 1.23. The van der Waals surface area contributed by atoms with Crippen LogP contribution in [0.15, 0.2) is 0 Å². The Morgan fingerprint density at radius 1 is 1.15 bits per heavy atom. The Kier molecular flexibility index (Phi) is 4.18. The molecule has 0 aliphatic heterocycles. The summed E-state index contributed by atoms with van der Waals surface area (Å²) in [4.78, 5) is 31.1. The lowest BCUT2D eigenvalue weighted by molar-refractivity contribution is -0.158. The minimum absolute atomic E-state index is 0.983. The standard InChI is InChI=1S/C6H8O7/c7-1-2(8)3(9)4(10)5(11)6(12)13/h2,4,7-8,10H,1H2,(H,12,13)/t2-,4+/m0/s1. The van der Waals surface area contributed by atoms with E-state index in [0.29, 0.717) is 0 Å². The number of aliphatic hydroxyl groups excluding tert-OH is 3. The van der Waals surface area contributed by atoms with E-state index < -0.39 is 36.4 Å². The van der Waals surface area contributed by atoms with E-state index in [2.05, 4.69) is 0 Å². The zero-order valence-corrected chi connectivity index (χ0v) is 6.38. The molecule has 0 saturated heterocycles. The number of ketones is 2. The van der Waals surface area contributed by atoms with E-state index in [-0.39, 0.29) is 0 Å². The molecule has 0 radical (unpaired) electrons. The van der Waals surface area contributed by atoms with Gasteiger partial charge in [-0.05, 0) is 0 Å². The molecule has 0 aliphatic rings. The summed E-state index contributed by atoms with van der Waals surface area (Å²) in [5.41, 5.74) is 0. The Labute approximate surface area is 72.2 Å². The smallest absolute Gasteiger partial charge is 0.375 e. The molecule has 0 aromatic rings. The minimum Gasteiger partial charge on any atom is -0.475 e. The molecule has 0 bridgehead atoms. The van der Waals surface area contributed by atoms with Gasteiger partial charge in [-0.15, -0.1) is 0 Å². The maximum atomic E-state index is 10.7. The van der Waals surface area contributed by atoms with E-state index in [9.17, 15) is 14.4 Å². The molecular formula is C6H8O7. The van der Waals surface area contributed by atoms with Gasteiger partial charge in [0.25, 0.3) is 5.78 Å². The number of aliphatic carboxylic acids is 1. The monoisotopic (exact) mass is 192 g/mol. The van der Waals surface area contributed by atoms with Crippen molar-refractivity contribution in [1.82, 2.24) is 0 Å². The van der Waals surface area contributed by atoms with Gasteiger partial charge in [-0.3, -0.25) is 9.59 Å². The largest absolute Gasteiger partial charge is 0.475 e. The average Bonchev–Trinajstić information content (AvgIpc) is 2.12. The molecule has 7 heteroatoms. The van der Waals surface area contributed by atoms with Gasteiger partial charge in [-0.1, -0.05) is 0 Å². The van der Waals surface area contributed by atoms with Gasteiger partial charge in [-0.2, -0.15) is 0 Å². The first-order chi connectivity index (χ1) is 5.91. The van der Waals surface area contributed by atoms with Crippen molar-refractivity contribution < 1.29 is 34.8 Å². The van der Waals surface area contributed by atoms with Gasteiger partial charge < -0.3 is 20.4 Å². The van der Waals surface area contributed by atoms with Crippen LogP contribution in [0.4, 0.5) is 0 Å². The molecule has 4 N–H and O–H groups in total. The summed E-state index contributed by atoms with van der Waals surface area (Å²) in [5, 5.41) is 33.6. The van der Waals surface area contributed by atoms with Crippen LogP contribution in [-0.4, -0.2) is 56.8 Å². The fraction of sp³-hybridized carbons (Fsp3) is 0.500. The molecule has 0 rings (SSSR count). The average molecular weight is 192 g/mol. The molecule has 0 aliphatic carbocycles. The molecule has 0 unspecified atom stereocenters. The summed E-state index contributed by atoms with van der Waals surface area (Å²) in [7, 11) is 0. The Morgan fingerprint density at radius 3 is 1.92 bits per heavy atom. The van der Waals surface area contributed by atoms with Gasteiger partial charge in [0.1, 0.15) is 6.10 Å². The highest BCUT2D eigenvalue weighted by molar-refractivity contribution is 6.39. The van der Waals surface area contributed by atoms with Crippen LogP contribution in [0.1, 0.15) is 0 Å². The van der Waals surface area contributed by atoms with E-state index in [1.165, 1.54) is 0 Å². The number of carboxylic acids is 1. The number of carboxylic acid groups (broad SMARTS) is 1. The van der Waals surface area contributed by atoms with E-state index >= 15 is 0 Å². The number of carbonyl (C=O) groups is 3. The SMILES string of the molecule is O=C(O)C(=O)[C@H](O)C(=O)[C@@H](O)CO. The topological polar surface area (TPSA) is 132 Å². The molecule has 13 heavy (non-hydrogen) atoms. The highest BCUT2D eigenvalue weighted by atomic mass is 16.4. The van der Waals surface area contributed by atoms with Gasteiger partial charge in [-0.25, -0.2) is 4.79 Å². The zero-order valence-electron chi connectivity index (χ0n) is 6.38. The molecule has 0 amide bonds. The highest BCUT2D eigenvalue weighted by Crippen LogP contribution is 1.94. The van der Waals surface area contributed by atoms with Crippen molar-refractivity contribution in [3.63, 3.8) is 0 Å². The molecule has 74 valence electrons. The van der Waals surface area contributed by atoms with Gasteiger partial charge in [0.15, 0.2) is 11.9 Å². The Balaban J connectivity index is 4.43. The van der Waals surface area contributed by atoms with Crippen LogP contribution in [0.2, 0.25) is 0 Å². The van der Waals surface area contributed by atoms with Crippen LogP contribution < -0.4 is 0 Å². The predicted molar refractivity (Wildman–Crippen MR) is 36.7 cm³/mol. The second kappa shape index (κ2) is 4.65. The van der Waals surface area contributed by atoms with Gasteiger partial charge in [0.05, 0.1) is 6.61 Å². The molecule has 0 fully saturated rings. The highest BCUT2D eigenvalue weighted by Gasteiger charge is 2.32. The maximum Gasteiger partial charge on any atom is 0.375 e. The first kappa shape index (κ1) is 11.7. The Bertz CT molecular complexity index is 233. The number of hydrogen-bond donors (Lipinski definition) is 4. The summed E-state index contributed by atoms with van der Waals surface area (Å²) in [6.07, 6.45) is -4.38. The maximum absolute atomic E-state index is 10.7. The predicted octanol–water partition coefficient (Wildman–Crippen LogP) is -3.08. The Hall–Kier alpha value is -1.31. The van der Waals surface area contributed by atoms with Crippen molar-refractivity contribution in [2.24, 2.45) is 0 Å². The fourth-order valence-corrected chi connectivity index (χ4v) is 0.518. The van der Waals surface area contributed by atoms with Gasteiger partial charge >= 0.3 is 5.97 Å². The number of Topliss-reactive ketones (excluding diaryl/α,β-unsaturated/α-hetero) is 2. The quantitative estimate of drug-likeness (QED) is 0.268. The summed E-state index contributed by atoms with van der Waals surface area (Å²) in [6.45, 7) is -0.983. The van der Waals surface area contributed by atoms with Crippen molar-refractivity contribution in [2.75, 3.05) is 6.61 Å². The van der Waals surface area contributed by atoms with Crippen LogP contribution in [-0.2, 0) is 14.4 Å². The number of aliphatic hydroxyl groups is 3. The summed E-state index contributed by atoms with van der Waals surface area (Å²) in [6, 6.07) is 0. The summed E-state index contributed by atoms with van der Waals surface area (Å²) in [5.74, 6) is -5.15. The fourth-order valence-electron chi connectivity index (χ4n) is 0.518. The lowest BCUT2D eigenvalue weighted by Crippen LogP contribution is -2.42. The molecule has 2 atom stereocenters. The van der Waals surface area contributed by atoms with Crippen molar-refractivity contribution in [2.45, 2.75) is 12.2 Å². The molecule has 0 heterocycles. The van der Waals surface area contributed by atoms with Gasteiger partial charge in [0, 0.05) is 0 Å². The lowest BCUT2D eigenvalue weighted by Gasteiger charge is -2.08. The molecule has 0 spiro atoms. The minimum atomic E-state index is -2.43. The van der Waals surface area contributed by atoms with Crippen molar-refractivity contribution in [3.8, 4) is 0 Å². The first-order valence-electron chi connectivity index (χ1n) is 3.19. The lowest BCUT2D eigenvalue weighted by atomic mass is 10.1. The van der Waals surface area contributed by atoms with E-state index in [1.807, 2.05) is 0 Å². The Morgan fingerprint density at radius 2 is 1.62 bits per heavy atom. The van der Waals surface area contributed by atoms with Crippen molar-refractivity contribution >= 4 is 17.5 Å². The van der Waals surface area contributed by atoms with Crippen LogP contribution in [0.3, 0.4) is 0 Å². The zero-order chi connectivity index (χ0) is 10.6. The van der Waals surface area contributed by atoms with Crippen molar-refractivity contribution in [1.29, 1.82) is 0 Å². The molecule has 0 saturated carbocycles. The van der Waals surface area contributed by atoms with Crippen LogP contribution in [0, 0.1) is 0 Å². The van der Waals surface area contributed by atoms with Crippen molar-refractivity contribution in [3.05, 3.63) is 0 Å². The van der Waals surface area contributed by atoms with Crippen LogP contribution in [0.25, 0.3) is 0 Å². The normalized spacial score (nSPS) is 14.7. The second-order valence-corrected chi connectivity index (χ2v) is 2.17. The first-order valence-corrected chi connectivity index (χ1v) is 3.19.